The standard InChI is InChI=1S/C11H17ClN2O3S2/c12-9-1-2-11(18-9)19(16,17)14-6-4-8-3-5-13-10(15)7-8/h1-2,8,10,13-15H,3-7H2. The number of rotatable bonds is 5. The Bertz CT molecular complexity index is 518. The van der Waals surface area contributed by atoms with E-state index in [1.807, 2.05) is 0 Å². The van der Waals surface area contributed by atoms with Crippen molar-refractivity contribution in [2.24, 2.45) is 5.92 Å². The first-order valence-corrected chi connectivity index (χ1v) is 8.81. The van der Waals surface area contributed by atoms with E-state index in [0.29, 0.717) is 23.2 Å². The van der Waals surface area contributed by atoms with Crippen LogP contribution in [0, 0.1) is 5.92 Å². The molecule has 1 saturated heterocycles. The first-order chi connectivity index (χ1) is 8.97. The second-order valence-electron chi connectivity index (χ2n) is 4.61. The zero-order valence-electron chi connectivity index (χ0n) is 10.3. The lowest BCUT2D eigenvalue weighted by Crippen LogP contribution is -2.38. The van der Waals surface area contributed by atoms with E-state index in [2.05, 4.69) is 10.0 Å². The fourth-order valence-electron chi connectivity index (χ4n) is 2.14. The van der Waals surface area contributed by atoms with E-state index < -0.39 is 16.3 Å². The van der Waals surface area contributed by atoms with Crippen molar-refractivity contribution < 1.29 is 13.5 Å². The summed E-state index contributed by atoms with van der Waals surface area (Å²) in [6.07, 6.45) is 1.90. The topological polar surface area (TPSA) is 78.4 Å². The number of hydrogen-bond acceptors (Lipinski definition) is 5. The van der Waals surface area contributed by atoms with Gasteiger partial charge in [-0.3, -0.25) is 5.32 Å². The molecule has 19 heavy (non-hydrogen) atoms. The maximum absolute atomic E-state index is 11.9. The van der Waals surface area contributed by atoms with Crippen molar-refractivity contribution in [2.45, 2.75) is 29.7 Å². The average Bonchev–Trinajstić information content (AvgIpc) is 2.76. The molecule has 0 aromatic carbocycles. The fourth-order valence-corrected chi connectivity index (χ4v) is 4.72. The number of halogens is 1. The normalized spacial score (nSPS) is 24.5. The number of piperidine rings is 1. The molecule has 2 heterocycles. The van der Waals surface area contributed by atoms with Crippen LogP contribution in [0.15, 0.2) is 16.3 Å². The highest BCUT2D eigenvalue weighted by Crippen LogP contribution is 2.25. The van der Waals surface area contributed by atoms with Crippen molar-refractivity contribution in [3.05, 3.63) is 16.5 Å². The molecule has 1 aromatic heterocycles. The zero-order valence-corrected chi connectivity index (χ0v) is 12.7. The summed E-state index contributed by atoms with van der Waals surface area (Å²) < 4.78 is 27.1. The second kappa shape index (κ2) is 6.51. The van der Waals surface area contributed by atoms with Crippen LogP contribution in [0.4, 0.5) is 0 Å². The highest BCUT2D eigenvalue weighted by molar-refractivity contribution is 7.91. The minimum Gasteiger partial charge on any atom is -0.379 e. The molecular formula is C11H17ClN2O3S2. The Hall–Kier alpha value is -0.180. The molecule has 3 N–H and O–H groups in total. The molecule has 0 aliphatic carbocycles. The molecule has 1 aliphatic rings. The van der Waals surface area contributed by atoms with Crippen LogP contribution in [0.5, 0.6) is 0 Å². The first kappa shape index (κ1) is 15.2. The fraction of sp³-hybridized carbons (Fsp3) is 0.636. The van der Waals surface area contributed by atoms with Crippen molar-refractivity contribution in [3.8, 4) is 0 Å². The lowest BCUT2D eigenvalue weighted by molar-refractivity contribution is 0.0790. The number of nitrogens with one attached hydrogen (secondary N) is 2. The number of sulfonamides is 1. The molecule has 8 heteroatoms. The van der Waals surface area contributed by atoms with Crippen LogP contribution in [0.25, 0.3) is 0 Å². The summed E-state index contributed by atoms with van der Waals surface area (Å²) in [5.74, 6) is 0.353. The van der Waals surface area contributed by atoms with E-state index in [9.17, 15) is 13.5 Å². The molecule has 0 radical (unpaired) electrons. The number of hydrogen-bond donors (Lipinski definition) is 3. The Morgan fingerprint density at radius 1 is 1.53 bits per heavy atom. The Labute approximate surface area is 122 Å². The van der Waals surface area contributed by atoms with Crippen molar-refractivity contribution in [1.82, 2.24) is 10.0 Å². The number of aliphatic hydroxyl groups is 1. The van der Waals surface area contributed by atoms with Crippen LogP contribution < -0.4 is 10.0 Å². The molecule has 0 bridgehead atoms. The third-order valence-corrected chi connectivity index (χ3v) is 6.33. The summed E-state index contributed by atoms with van der Waals surface area (Å²) in [6.45, 7) is 1.16. The van der Waals surface area contributed by atoms with Gasteiger partial charge in [-0.05, 0) is 43.9 Å². The van der Waals surface area contributed by atoms with Gasteiger partial charge in [0.05, 0.1) is 4.34 Å². The molecule has 0 spiro atoms. The van der Waals surface area contributed by atoms with Gasteiger partial charge < -0.3 is 5.11 Å². The molecule has 0 saturated carbocycles. The first-order valence-electron chi connectivity index (χ1n) is 6.14. The number of thiophene rings is 1. The summed E-state index contributed by atoms with van der Waals surface area (Å²) in [5.41, 5.74) is 0. The van der Waals surface area contributed by atoms with Gasteiger partial charge in [0, 0.05) is 6.54 Å². The lowest BCUT2D eigenvalue weighted by atomic mass is 9.94. The summed E-state index contributed by atoms with van der Waals surface area (Å²) in [6, 6.07) is 3.08. The molecule has 0 amide bonds. The van der Waals surface area contributed by atoms with E-state index in [4.69, 9.17) is 11.6 Å². The predicted octanol–water partition coefficient (Wildman–Crippen LogP) is 1.39. The zero-order chi connectivity index (χ0) is 13.9. The van der Waals surface area contributed by atoms with E-state index in [1.54, 1.807) is 6.07 Å². The van der Waals surface area contributed by atoms with Gasteiger partial charge in [-0.1, -0.05) is 11.6 Å². The van der Waals surface area contributed by atoms with E-state index in [0.717, 1.165) is 30.7 Å². The second-order valence-corrected chi connectivity index (χ2v) is 8.31. The predicted molar refractivity (Wildman–Crippen MR) is 75.9 cm³/mol. The van der Waals surface area contributed by atoms with Gasteiger partial charge in [0.15, 0.2) is 0 Å². The Morgan fingerprint density at radius 2 is 2.32 bits per heavy atom. The Balaban J connectivity index is 1.82. The van der Waals surface area contributed by atoms with Crippen LogP contribution in [0.2, 0.25) is 4.34 Å². The lowest BCUT2D eigenvalue weighted by Gasteiger charge is -2.26. The Kier molecular flexibility index (Phi) is 5.22. The van der Waals surface area contributed by atoms with Crippen LogP contribution in [-0.4, -0.2) is 32.8 Å². The van der Waals surface area contributed by atoms with Gasteiger partial charge in [-0.15, -0.1) is 11.3 Å². The van der Waals surface area contributed by atoms with E-state index >= 15 is 0 Å². The maximum Gasteiger partial charge on any atom is 0.250 e. The molecule has 2 atom stereocenters. The van der Waals surface area contributed by atoms with Crippen LogP contribution in [0.3, 0.4) is 0 Å². The summed E-state index contributed by atoms with van der Waals surface area (Å²) in [7, 11) is -3.45. The highest BCUT2D eigenvalue weighted by Gasteiger charge is 2.21. The average molecular weight is 325 g/mol. The smallest absolute Gasteiger partial charge is 0.250 e. The van der Waals surface area contributed by atoms with Crippen molar-refractivity contribution in [2.75, 3.05) is 13.1 Å². The molecule has 5 nitrogen and oxygen atoms in total. The van der Waals surface area contributed by atoms with Gasteiger partial charge in [-0.2, -0.15) is 0 Å². The molecule has 108 valence electrons. The SMILES string of the molecule is O=S(=O)(NCCC1CCNC(O)C1)c1ccc(Cl)s1. The van der Waals surface area contributed by atoms with Crippen molar-refractivity contribution in [1.29, 1.82) is 0 Å². The monoisotopic (exact) mass is 324 g/mol. The third-order valence-electron chi connectivity index (χ3n) is 3.15. The van der Waals surface area contributed by atoms with E-state index in [-0.39, 0.29) is 4.21 Å². The quantitative estimate of drug-likeness (QED) is 0.765. The molecule has 1 aromatic rings. The highest BCUT2D eigenvalue weighted by atomic mass is 35.5. The van der Waals surface area contributed by atoms with Crippen LogP contribution in [0.1, 0.15) is 19.3 Å². The summed E-state index contributed by atoms with van der Waals surface area (Å²) in [4.78, 5) is 0. The van der Waals surface area contributed by atoms with Gasteiger partial charge >= 0.3 is 0 Å². The number of aliphatic hydroxyl groups excluding tert-OH is 1. The molecule has 1 fully saturated rings. The van der Waals surface area contributed by atoms with Gasteiger partial charge in [0.1, 0.15) is 10.4 Å². The van der Waals surface area contributed by atoms with E-state index in [1.165, 1.54) is 6.07 Å². The van der Waals surface area contributed by atoms with Crippen molar-refractivity contribution >= 4 is 33.0 Å². The van der Waals surface area contributed by atoms with Gasteiger partial charge in [0.25, 0.3) is 0 Å². The Morgan fingerprint density at radius 3 is 2.95 bits per heavy atom. The summed E-state index contributed by atoms with van der Waals surface area (Å²) >= 11 is 6.78. The molecule has 2 rings (SSSR count). The largest absolute Gasteiger partial charge is 0.379 e. The summed E-state index contributed by atoms with van der Waals surface area (Å²) in [5, 5.41) is 12.4. The minimum atomic E-state index is -3.45. The minimum absolute atomic E-state index is 0.239. The van der Waals surface area contributed by atoms with Gasteiger partial charge in [0.2, 0.25) is 10.0 Å². The van der Waals surface area contributed by atoms with Crippen LogP contribution >= 0.6 is 22.9 Å². The maximum atomic E-state index is 11.9. The third kappa shape index (κ3) is 4.40. The van der Waals surface area contributed by atoms with Gasteiger partial charge in [-0.25, -0.2) is 13.1 Å². The van der Waals surface area contributed by atoms with Crippen LogP contribution in [-0.2, 0) is 10.0 Å². The van der Waals surface area contributed by atoms with Crippen molar-refractivity contribution in [3.63, 3.8) is 0 Å². The molecule has 1 aliphatic heterocycles. The molecule has 2 unspecified atom stereocenters. The molecular weight excluding hydrogens is 308 g/mol.